The van der Waals surface area contributed by atoms with Crippen LogP contribution < -0.4 is 0 Å². The Morgan fingerprint density at radius 1 is 1.40 bits per heavy atom. The Labute approximate surface area is 59.4 Å². The third-order valence-electron chi connectivity index (χ3n) is 1.30. The molecule has 0 amide bonds. The molecular weight excluding hydrogens is 138 g/mol. The van der Waals surface area contributed by atoms with Crippen LogP contribution in [0.5, 0.6) is 0 Å². The van der Waals surface area contributed by atoms with E-state index in [1.54, 1.807) is 0 Å². The lowest BCUT2D eigenvalue weighted by molar-refractivity contribution is -0.134. The molecule has 0 aliphatic heterocycles. The molecule has 0 rings (SSSR count). The first-order valence-electron chi connectivity index (χ1n) is 2.96. The second-order valence-electron chi connectivity index (χ2n) is 2.91. The van der Waals surface area contributed by atoms with Crippen molar-refractivity contribution in [3.8, 4) is 0 Å². The second-order valence-corrected chi connectivity index (χ2v) is 2.91. The summed E-state index contributed by atoms with van der Waals surface area (Å²) < 4.78 is 25.4. The Balaban J connectivity index is 4.57. The summed E-state index contributed by atoms with van der Waals surface area (Å²) in [6.45, 7) is 6.39. The molecule has 60 valence electrons. The number of alkyl halides is 2. The standard InChI is InChI=1S/C7H12F2O/c1-5(2)7(8,9)6(3,4)10/h10H,1H2,2-4H3. The van der Waals surface area contributed by atoms with Gasteiger partial charge < -0.3 is 5.11 Å². The van der Waals surface area contributed by atoms with Crippen molar-refractivity contribution in [3.05, 3.63) is 12.2 Å². The van der Waals surface area contributed by atoms with Gasteiger partial charge in [0.15, 0.2) is 0 Å². The van der Waals surface area contributed by atoms with E-state index in [9.17, 15) is 8.78 Å². The maximum absolute atomic E-state index is 12.7. The molecule has 10 heavy (non-hydrogen) atoms. The lowest BCUT2D eigenvalue weighted by Gasteiger charge is -2.28. The van der Waals surface area contributed by atoms with Gasteiger partial charge in [0.25, 0.3) is 5.92 Å². The molecule has 3 heteroatoms. The van der Waals surface area contributed by atoms with Crippen LogP contribution in [0.2, 0.25) is 0 Å². The summed E-state index contributed by atoms with van der Waals surface area (Å²) in [5.41, 5.74) is -2.33. The Hall–Kier alpha value is -0.440. The molecule has 0 aromatic heterocycles. The molecule has 0 aliphatic rings. The molecule has 1 N–H and O–H groups in total. The third kappa shape index (κ3) is 1.53. The number of hydrogen-bond acceptors (Lipinski definition) is 1. The van der Waals surface area contributed by atoms with Gasteiger partial charge in [0.2, 0.25) is 0 Å². The van der Waals surface area contributed by atoms with Crippen LogP contribution in [-0.2, 0) is 0 Å². The van der Waals surface area contributed by atoms with E-state index >= 15 is 0 Å². The first-order valence-corrected chi connectivity index (χ1v) is 2.96. The van der Waals surface area contributed by atoms with Crippen LogP contribution in [0.4, 0.5) is 8.78 Å². The van der Waals surface area contributed by atoms with Crippen LogP contribution in [0.25, 0.3) is 0 Å². The highest BCUT2D eigenvalue weighted by Crippen LogP contribution is 2.33. The van der Waals surface area contributed by atoms with Crippen LogP contribution in [0, 0.1) is 0 Å². The van der Waals surface area contributed by atoms with E-state index in [0.717, 1.165) is 13.8 Å². The van der Waals surface area contributed by atoms with Gasteiger partial charge in [-0.25, -0.2) is 0 Å². The van der Waals surface area contributed by atoms with Crippen LogP contribution in [0.15, 0.2) is 12.2 Å². The first kappa shape index (κ1) is 9.56. The molecule has 0 saturated carbocycles. The van der Waals surface area contributed by atoms with Crippen LogP contribution in [0.1, 0.15) is 20.8 Å². The van der Waals surface area contributed by atoms with E-state index in [0.29, 0.717) is 0 Å². The maximum atomic E-state index is 12.7. The summed E-state index contributed by atoms with van der Waals surface area (Å²) in [6, 6.07) is 0. The Morgan fingerprint density at radius 2 is 1.70 bits per heavy atom. The molecule has 0 radical (unpaired) electrons. The molecule has 0 atom stereocenters. The SMILES string of the molecule is C=C(C)C(F)(F)C(C)(C)O. The van der Waals surface area contributed by atoms with E-state index in [4.69, 9.17) is 5.11 Å². The van der Waals surface area contributed by atoms with Gasteiger partial charge in [0, 0.05) is 0 Å². The lowest BCUT2D eigenvalue weighted by atomic mass is 9.95. The summed E-state index contributed by atoms with van der Waals surface area (Å²) in [5, 5.41) is 8.91. The Morgan fingerprint density at radius 3 is 1.70 bits per heavy atom. The summed E-state index contributed by atoms with van der Waals surface area (Å²) in [6.07, 6.45) is 0. The summed E-state index contributed by atoms with van der Waals surface area (Å²) in [7, 11) is 0. The first-order chi connectivity index (χ1) is 4.19. The highest BCUT2D eigenvalue weighted by molar-refractivity contribution is 5.10. The predicted octanol–water partition coefficient (Wildman–Crippen LogP) is 1.97. The van der Waals surface area contributed by atoms with Gasteiger partial charge in [0.1, 0.15) is 5.60 Å². The monoisotopic (exact) mass is 150 g/mol. The quantitative estimate of drug-likeness (QED) is 0.596. The van der Waals surface area contributed by atoms with E-state index < -0.39 is 11.5 Å². The average Bonchev–Trinajstić information content (AvgIpc) is 1.62. The predicted molar refractivity (Wildman–Crippen MR) is 36.1 cm³/mol. The number of rotatable bonds is 2. The smallest absolute Gasteiger partial charge is 0.296 e. The van der Waals surface area contributed by atoms with E-state index in [1.165, 1.54) is 6.92 Å². The minimum absolute atomic E-state index is 0.319. The fourth-order valence-corrected chi connectivity index (χ4v) is 0.522. The van der Waals surface area contributed by atoms with Crippen molar-refractivity contribution >= 4 is 0 Å². The van der Waals surface area contributed by atoms with E-state index in [2.05, 4.69) is 6.58 Å². The van der Waals surface area contributed by atoms with E-state index in [1.807, 2.05) is 0 Å². The fraction of sp³-hybridized carbons (Fsp3) is 0.714. The van der Waals surface area contributed by atoms with Crippen molar-refractivity contribution in [1.82, 2.24) is 0 Å². The summed E-state index contributed by atoms with van der Waals surface area (Å²) in [4.78, 5) is 0. The fourth-order valence-electron chi connectivity index (χ4n) is 0.522. The molecule has 0 spiro atoms. The zero-order chi connectivity index (χ0) is 8.58. The van der Waals surface area contributed by atoms with Crippen molar-refractivity contribution < 1.29 is 13.9 Å². The molecule has 0 fully saturated rings. The van der Waals surface area contributed by atoms with Crippen molar-refractivity contribution in [2.45, 2.75) is 32.3 Å². The van der Waals surface area contributed by atoms with Crippen LogP contribution >= 0.6 is 0 Å². The van der Waals surface area contributed by atoms with E-state index in [-0.39, 0.29) is 5.57 Å². The topological polar surface area (TPSA) is 20.2 Å². The molecule has 0 saturated heterocycles. The number of hydrogen-bond donors (Lipinski definition) is 1. The summed E-state index contributed by atoms with van der Waals surface area (Å²) in [5.74, 6) is -3.20. The molecule has 0 aromatic rings. The van der Waals surface area contributed by atoms with Gasteiger partial charge in [0.05, 0.1) is 0 Å². The summed E-state index contributed by atoms with van der Waals surface area (Å²) >= 11 is 0. The molecule has 0 aliphatic carbocycles. The third-order valence-corrected chi connectivity index (χ3v) is 1.30. The van der Waals surface area contributed by atoms with Crippen molar-refractivity contribution in [2.24, 2.45) is 0 Å². The molecule has 0 heterocycles. The van der Waals surface area contributed by atoms with Gasteiger partial charge in [-0.15, -0.1) is 0 Å². The molecule has 0 bridgehead atoms. The molecule has 0 unspecified atom stereocenters. The molecule has 1 nitrogen and oxygen atoms in total. The van der Waals surface area contributed by atoms with Crippen molar-refractivity contribution in [1.29, 1.82) is 0 Å². The lowest BCUT2D eigenvalue weighted by Crippen LogP contribution is -2.43. The van der Waals surface area contributed by atoms with Crippen LogP contribution in [-0.4, -0.2) is 16.6 Å². The minimum atomic E-state index is -3.20. The van der Waals surface area contributed by atoms with Gasteiger partial charge in [-0.05, 0) is 26.3 Å². The zero-order valence-electron chi connectivity index (χ0n) is 6.41. The number of halogens is 2. The average molecular weight is 150 g/mol. The normalized spacial score (nSPS) is 13.4. The Kier molecular flexibility index (Phi) is 2.21. The van der Waals surface area contributed by atoms with Gasteiger partial charge >= 0.3 is 0 Å². The van der Waals surface area contributed by atoms with Gasteiger partial charge in [-0.2, -0.15) is 8.78 Å². The maximum Gasteiger partial charge on any atom is 0.296 e. The van der Waals surface area contributed by atoms with Crippen molar-refractivity contribution in [2.75, 3.05) is 0 Å². The largest absolute Gasteiger partial charge is 0.384 e. The highest BCUT2D eigenvalue weighted by atomic mass is 19.3. The van der Waals surface area contributed by atoms with Crippen molar-refractivity contribution in [3.63, 3.8) is 0 Å². The minimum Gasteiger partial charge on any atom is -0.384 e. The molecule has 0 aromatic carbocycles. The second kappa shape index (κ2) is 2.31. The Bertz CT molecular complexity index is 144. The highest BCUT2D eigenvalue weighted by Gasteiger charge is 2.45. The molecular formula is C7H12F2O. The van der Waals surface area contributed by atoms with Gasteiger partial charge in [-0.1, -0.05) is 6.58 Å². The van der Waals surface area contributed by atoms with Gasteiger partial charge in [-0.3, -0.25) is 0 Å². The van der Waals surface area contributed by atoms with Crippen LogP contribution in [0.3, 0.4) is 0 Å². The zero-order valence-corrected chi connectivity index (χ0v) is 6.41. The number of aliphatic hydroxyl groups is 1.